The van der Waals surface area contributed by atoms with Gasteiger partial charge in [0.2, 0.25) is 0 Å². The highest BCUT2D eigenvalue weighted by atomic mass is 16.6. The quantitative estimate of drug-likeness (QED) is 0.657. The third-order valence-corrected chi connectivity index (χ3v) is 4.01. The van der Waals surface area contributed by atoms with E-state index in [1.54, 1.807) is 11.9 Å². The molecule has 0 aromatic carbocycles. The van der Waals surface area contributed by atoms with Gasteiger partial charge in [0, 0.05) is 26.2 Å². The van der Waals surface area contributed by atoms with Crippen molar-refractivity contribution < 1.29 is 9.72 Å². The number of aryl methyl sites for hydroxylation is 1. The fourth-order valence-corrected chi connectivity index (χ4v) is 2.71. The normalized spacial score (nSPS) is 16.2. The fraction of sp³-hybridized carbons (Fsp3) is 0.643. The molecule has 1 amide bonds. The van der Waals surface area contributed by atoms with E-state index in [1.165, 1.54) is 16.8 Å². The summed E-state index contributed by atoms with van der Waals surface area (Å²) in [5, 5.41) is 14.1. The average Bonchev–Trinajstić information content (AvgIpc) is 2.87. The zero-order chi connectivity index (χ0) is 15.4. The van der Waals surface area contributed by atoms with E-state index in [9.17, 15) is 14.9 Å². The van der Waals surface area contributed by atoms with E-state index >= 15 is 0 Å². The van der Waals surface area contributed by atoms with Crippen LogP contribution >= 0.6 is 0 Å². The van der Waals surface area contributed by atoms with E-state index in [-0.39, 0.29) is 11.6 Å². The number of likely N-dealkylation sites (tertiary alicyclic amines) is 1. The minimum Gasteiger partial charge on any atom is -0.340 e. The number of carbonyl (C=O) groups excluding carboxylic acids is 1. The van der Waals surface area contributed by atoms with Crippen LogP contribution in [0.4, 0.5) is 5.69 Å². The highest BCUT2D eigenvalue weighted by Gasteiger charge is 2.26. The van der Waals surface area contributed by atoms with Crippen molar-refractivity contribution in [3.05, 3.63) is 28.1 Å². The SMILES string of the molecule is CCNCC1CCN(C(=O)c2cc([N+](=O)[O-])cn2C)CC1. The topological polar surface area (TPSA) is 80.4 Å². The molecule has 1 aliphatic rings. The van der Waals surface area contributed by atoms with Crippen LogP contribution in [-0.4, -0.2) is 46.5 Å². The lowest BCUT2D eigenvalue weighted by Crippen LogP contribution is -2.41. The minimum absolute atomic E-state index is 0.0390. The Balaban J connectivity index is 1.97. The van der Waals surface area contributed by atoms with Gasteiger partial charge in [0.15, 0.2) is 0 Å². The van der Waals surface area contributed by atoms with Crippen molar-refractivity contribution in [2.45, 2.75) is 19.8 Å². The molecule has 7 nitrogen and oxygen atoms in total. The molecule has 0 atom stereocenters. The first-order valence-corrected chi connectivity index (χ1v) is 7.33. The van der Waals surface area contributed by atoms with Crippen LogP contribution in [0.15, 0.2) is 12.3 Å². The monoisotopic (exact) mass is 294 g/mol. The van der Waals surface area contributed by atoms with Crippen LogP contribution < -0.4 is 5.32 Å². The van der Waals surface area contributed by atoms with Crippen LogP contribution in [0.2, 0.25) is 0 Å². The number of amides is 1. The number of hydrogen-bond acceptors (Lipinski definition) is 4. The molecule has 1 fully saturated rings. The number of carbonyl (C=O) groups is 1. The summed E-state index contributed by atoms with van der Waals surface area (Å²) in [6.45, 7) is 5.48. The van der Waals surface area contributed by atoms with E-state index in [1.807, 2.05) is 0 Å². The van der Waals surface area contributed by atoms with Crippen LogP contribution in [0.5, 0.6) is 0 Å². The molecule has 1 aliphatic heterocycles. The molecule has 0 unspecified atom stereocenters. The maximum atomic E-state index is 12.4. The second-order valence-electron chi connectivity index (χ2n) is 5.49. The lowest BCUT2D eigenvalue weighted by Gasteiger charge is -2.32. The van der Waals surface area contributed by atoms with Crippen LogP contribution in [0.1, 0.15) is 30.3 Å². The molecular weight excluding hydrogens is 272 g/mol. The molecule has 7 heteroatoms. The first kappa shape index (κ1) is 15.5. The predicted octanol–water partition coefficient (Wildman–Crippen LogP) is 1.39. The molecule has 0 saturated carbocycles. The summed E-state index contributed by atoms with van der Waals surface area (Å²) in [6.07, 6.45) is 3.33. The fourth-order valence-electron chi connectivity index (χ4n) is 2.71. The Labute approximate surface area is 124 Å². The minimum atomic E-state index is -0.473. The average molecular weight is 294 g/mol. The Hall–Kier alpha value is -1.89. The van der Waals surface area contributed by atoms with Crippen molar-refractivity contribution >= 4 is 11.6 Å². The third-order valence-electron chi connectivity index (χ3n) is 4.01. The van der Waals surface area contributed by atoms with Crippen molar-refractivity contribution in [2.24, 2.45) is 13.0 Å². The molecule has 116 valence electrons. The molecule has 1 N–H and O–H groups in total. The van der Waals surface area contributed by atoms with Gasteiger partial charge in [-0.15, -0.1) is 0 Å². The second kappa shape index (κ2) is 6.71. The summed E-state index contributed by atoms with van der Waals surface area (Å²) < 4.78 is 1.53. The number of hydrogen-bond donors (Lipinski definition) is 1. The van der Waals surface area contributed by atoms with Gasteiger partial charge in [0.25, 0.3) is 11.6 Å². The Morgan fingerprint density at radius 1 is 1.48 bits per heavy atom. The maximum Gasteiger partial charge on any atom is 0.287 e. The number of nitrogens with zero attached hydrogens (tertiary/aromatic N) is 3. The first-order chi connectivity index (χ1) is 10.0. The molecule has 1 aromatic heterocycles. The number of aromatic nitrogens is 1. The Kier molecular flexibility index (Phi) is 4.95. The smallest absolute Gasteiger partial charge is 0.287 e. The van der Waals surface area contributed by atoms with Gasteiger partial charge in [-0.2, -0.15) is 0 Å². The van der Waals surface area contributed by atoms with Gasteiger partial charge in [0.1, 0.15) is 5.69 Å². The van der Waals surface area contributed by atoms with Crippen molar-refractivity contribution in [3.63, 3.8) is 0 Å². The van der Waals surface area contributed by atoms with Gasteiger partial charge >= 0.3 is 0 Å². The summed E-state index contributed by atoms with van der Waals surface area (Å²) in [6, 6.07) is 1.35. The van der Waals surface area contributed by atoms with E-state index < -0.39 is 4.92 Å². The molecule has 0 bridgehead atoms. The van der Waals surface area contributed by atoms with Gasteiger partial charge in [-0.25, -0.2) is 0 Å². The number of nitrogens with one attached hydrogen (secondary N) is 1. The molecular formula is C14H22N4O3. The summed E-state index contributed by atoms with van der Waals surface area (Å²) >= 11 is 0. The lowest BCUT2D eigenvalue weighted by molar-refractivity contribution is -0.384. The van der Waals surface area contributed by atoms with Crippen molar-refractivity contribution in [1.29, 1.82) is 0 Å². The predicted molar refractivity (Wildman–Crippen MR) is 79.2 cm³/mol. The van der Waals surface area contributed by atoms with Gasteiger partial charge < -0.3 is 14.8 Å². The third kappa shape index (κ3) is 3.60. The number of rotatable bonds is 5. The molecule has 0 spiro atoms. The molecule has 0 aliphatic carbocycles. The summed E-state index contributed by atoms with van der Waals surface area (Å²) in [4.78, 5) is 24.5. The van der Waals surface area contributed by atoms with Gasteiger partial charge in [-0.05, 0) is 31.8 Å². The number of piperidine rings is 1. The summed E-state index contributed by atoms with van der Waals surface area (Å²) in [5.74, 6) is 0.490. The maximum absolute atomic E-state index is 12.4. The van der Waals surface area contributed by atoms with E-state index in [0.717, 1.165) is 25.9 Å². The van der Waals surface area contributed by atoms with E-state index in [2.05, 4.69) is 12.2 Å². The van der Waals surface area contributed by atoms with Gasteiger partial charge in [0.05, 0.1) is 11.1 Å². The van der Waals surface area contributed by atoms with Crippen LogP contribution in [0, 0.1) is 16.0 Å². The summed E-state index contributed by atoms with van der Waals surface area (Å²) in [5.41, 5.74) is 0.342. The Morgan fingerprint density at radius 2 is 2.14 bits per heavy atom. The second-order valence-corrected chi connectivity index (χ2v) is 5.49. The Morgan fingerprint density at radius 3 is 2.67 bits per heavy atom. The molecule has 2 rings (SSSR count). The zero-order valence-electron chi connectivity index (χ0n) is 12.5. The molecule has 1 aromatic rings. The van der Waals surface area contributed by atoms with Crippen molar-refractivity contribution in [2.75, 3.05) is 26.2 Å². The summed E-state index contributed by atoms with van der Waals surface area (Å²) in [7, 11) is 1.66. The van der Waals surface area contributed by atoms with Crippen molar-refractivity contribution in [1.82, 2.24) is 14.8 Å². The number of nitro groups is 1. The molecule has 0 radical (unpaired) electrons. The largest absolute Gasteiger partial charge is 0.340 e. The first-order valence-electron chi connectivity index (χ1n) is 7.33. The Bertz CT molecular complexity index is 518. The van der Waals surface area contributed by atoms with Crippen molar-refractivity contribution in [3.8, 4) is 0 Å². The highest BCUT2D eigenvalue weighted by Crippen LogP contribution is 2.21. The van der Waals surface area contributed by atoms with Crippen LogP contribution in [0.25, 0.3) is 0 Å². The molecule has 1 saturated heterocycles. The van der Waals surface area contributed by atoms with Crippen LogP contribution in [0.3, 0.4) is 0 Å². The van der Waals surface area contributed by atoms with Gasteiger partial charge in [-0.1, -0.05) is 6.92 Å². The molecule has 2 heterocycles. The van der Waals surface area contributed by atoms with Crippen LogP contribution in [-0.2, 0) is 7.05 Å². The van der Waals surface area contributed by atoms with Gasteiger partial charge in [-0.3, -0.25) is 14.9 Å². The van der Waals surface area contributed by atoms with E-state index in [4.69, 9.17) is 0 Å². The molecule has 21 heavy (non-hydrogen) atoms. The highest BCUT2D eigenvalue weighted by molar-refractivity contribution is 5.93. The zero-order valence-corrected chi connectivity index (χ0v) is 12.5. The lowest BCUT2D eigenvalue weighted by atomic mass is 9.96. The van der Waals surface area contributed by atoms with E-state index in [0.29, 0.717) is 24.7 Å². The standard InChI is InChI=1S/C14H22N4O3/c1-3-15-9-11-4-6-17(7-5-11)14(19)13-8-12(18(20)21)10-16(13)2/h8,10-11,15H,3-7,9H2,1-2H3.